The maximum atomic E-state index is 13.4. The van der Waals surface area contributed by atoms with Crippen molar-refractivity contribution in [1.82, 2.24) is 20.6 Å². The Morgan fingerprint density at radius 2 is 2.06 bits per heavy atom. The van der Waals surface area contributed by atoms with Gasteiger partial charge >= 0.3 is 0 Å². The summed E-state index contributed by atoms with van der Waals surface area (Å²) in [6.07, 6.45) is 8.80. The number of nitrogens with zero attached hydrogens (tertiary/aromatic N) is 3. The number of hydrogen-bond acceptors (Lipinski definition) is 7. The number of morpholine rings is 1. The number of carbonyl (C=O) groups excluding carboxylic acids is 1. The summed E-state index contributed by atoms with van der Waals surface area (Å²) in [6.45, 7) is 5.03. The van der Waals surface area contributed by atoms with Crippen LogP contribution >= 0.6 is 0 Å². The van der Waals surface area contributed by atoms with Crippen molar-refractivity contribution in [3.05, 3.63) is 17.5 Å². The molecule has 6 aliphatic rings. The molecule has 5 aliphatic carbocycles. The number of likely N-dealkylation sites (N-methyl/N-ethyl adjacent to an activating group) is 1. The zero-order valence-corrected chi connectivity index (χ0v) is 18.9. The molecule has 4 bridgehead atoms. The Morgan fingerprint density at radius 3 is 2.75 bits per heavy atom. The molecular formula is C24H35N5O3. The van der Waals surface area contributed by atoms with Crippen LogP contribution in [0, 0.1) is 17.8 Å². The molecule has 8 nitrogen and oxygen atoms in total. The molecule has 8 heteroatoms. The van der Waals surface area contributed by atoms with Crippen molar-refractivity contribution in [2.24, 2.45) is 17.8 Å². The van der Waals surface area contributed by atoms with Crippen molar-refractivity contribution in [1.29, 1.82) is 0 Å². The average molecular weight is 442 g/mol. The molecule has 1 saturated heterocycles. The van der Waals surface area contributed by atoms with Crippen LogP contribution in [-0.2, 0) is 4.74 Å². The number of rotatable bonds is 6. The third-order valence-electron chi connectivity index (χ3n) is 8.33. The van der Waals surface area contributed by atoms with Crippen molar-refractivity contribution < 1.29 is 14.6 Å². The van der Waals surface area contributed by atoms with E-state index >= 15 is 0 Å². The van der Waals surface area contributed by atoms with Crippen LogP contribution in [-0.4, -0.2) is 65.1 Å². The predicted octanol–water partition coefficient (Wildman–Crippen LogP) is 1.80. The summed E-state index contributed by atoms with van der Waals surface area (Å²) >= 11 is 0. The van der Waals surface area contributed by atoms with E-state index in [1.165, 1.54) is 0 Å². The second kappa shape index (κ2) is 7.92. The van der Waals surface area contributed by atoms with Gasteiger partial charge in [-0.2, -0.15) is 0 Å². The normalized spacial score (nSPS) is 38.2. The highest BCUT2D eigenvalue weighted by Gasteiger charge is 2.55. The molecule has 1 aliphatic heterocycles. The van der Waals surface area contributed by atoms with Gasteiger partial charge in [0.15, 0.2) is 0 Å². The second-order valence-electron chi connectivity index (χ2n) is 10.8. The molecular weight excluding hydrogens is 406 g/mol. The van der Waals surface area contributed by atoms with Crippen LogP contribution in [0.5, 0.6) is 0 Å². The number of carbonyl (C=O) groups is 1. The van der Waals surface area contributed by atoms with Gasteiger partial charge in [-0.25, -0.2) is 9.97 Å². The van der Waals surface area contributed by atoms with Crippen LogP contribution < -0.4 is 15.5 Å². The Hall–Kier alpha value is -1.77. The molecule has 3 unspecified atom stereocenters. The summed E-state index contributed by atoms with van der Waals surface area (Å²) in [5.41, 5.74) is 1.06. The Morgan fingerprint density at radius 1 is 1.28 bits per heavy atom. The maximum Gasteiger partial charge on any atom is 0.254 e. The maximum absolute atomic E-state index is 13.4. The molecule has 5 saturated carbocycles. The molecule has 3 atom stereocenters. The minimum Gasteiger partial charge on any atom is -0.390 e. The molecule has 1 amide bonds. The minimum absolute atomic E-state index is 0.0172. The first kappa shape index (κ1) is 20.8. The highest BCUT2D eigenvalue weighted by Crippen LogP contribution is 2.55. The third kappa shape index (κ3) is 3.80. The fraction of sp³-hybridized carbons (Fsp3) is 0.792. The van der Waals surface area contributed by atoms with Crippen LogP contribution in [0.2, 0.25) is 0 Å². The van der Waals surface area contributed by atoms with Gasteiger partial charge in [0.1, 0.15) is 6.23 Å². The summed E-state index contributed by atoms with van der Waals surface area (Å²) in [5, 5.41) is 17.6. The molecule has 0 aromatic carbocycles. The van der Waals surface area contributed by atoms with Crippen molar-refractivity contribution in [3.63, 3.8) is 0 Å². The van der Waals surface area contributed by atoms with E-state index in [1.807, 2.05) is 0 Å². The van der Waals surface area contributed by atoms with Gasteiger partial charge in [-0.05, 0) is 69.2 Å². The number of aliphatic hydroxyl groups is 1. The quantitative estimate of drug-likeness (QED) is 0.619. The summed E-state index contributed by atoms with van der Waals surface area (Å²) in [6, 6.07) is 0.172. The number of nitrogens with one attached hydrogen (secondary N) is 2. The van der Waals surface area contributed by atoms with Gasteiger partial charge in [-0.3, -0.25) is 10.1 Å². The zero-order valence-electron chi connectivity index (χ0n) is 18.9. The SMILES string of the molecule is CCNC1CN(c2ncc(C(=O)NC3C4CC5CC3CC(O)(C5)C4)c(C3CC3)n2)CCO1. The second-order valence-corrected chi connectivity index (χ2v) is 10.8. The minimum atomic E-state index is -0.482. The predicted molar refractivity (Wildman–Crippen MR) is 119 cm³/mol. The molecule has 2 heterocycles. The fourth-order valence-corrected chi connectivity index (χ4v) is 7.01. The van der Waals surface area contributed by atoms with Crippen LogP contribution in [0.1, 0.15) is 73.8 Å². The molecule has 6 fully saturated rings. The van der Waals surface area contributed by atoms with E-state index in [0.29, 0.717) is 48.3 Å². The van der Waals surface area contributed by atoms with Gasteiger partial charge in [0.05, 0.1) is 30.0 Å². The Balaban J connectivity index is 1.20. The van der Waals surface area contributed by atoms with Gasteiger partial charge in [0.2, 0.25) is 5.95 Å². The number of amides is 1. The fourth-order valence-electron chi connectivity index (χ4n) is 7.01. The lowest BCUT2D eigenvalue weighted by Gasteiger charge is -2.58. The van der Waals surface area contributed by atoms with Crippen LogP contribution in [0.15, 0.2) is 6.20 Å². The van der Waals surface area contributed by atoms with E-state index < -0.39 is 5.60 Å². The summed E-state index contributed by atoms with van der Waals surface area (Å²) in [4.78, 5) is 25.1. The third-order valence-corrected chi connectivity index (χ3v) is 8.33. The lowest BCUT2D eigenvalue weighted by molar-refractivity contribution is -0.136. The molecule has 32 heavy (non-hydrogen) atoms. The summed E-state index contributed by atoms with van der Waals surface area (Å²) in [7, 11) is 0. The standard InChI is InChI=1S/C24H35N5O3/c1-2-25-19-13-29(5-6-32-19)23-26-12-18(21(28-23)15-3-4-15)22(30)27-20-16-7-14-8-17(20)11-24(31,9-14)10-16/h12,14-17,19-20,25,31H,2-11,13H2,1H3,(H,27,30). The highest BCUT2D eigenvalue weighted by molar-refractivity contribution is 5.95. The molecule has 1 aromatic heterocycles. The topological polar surface area (TPSA) is 99.6 Å². The lowest BCUT2D eigenvalue weighted by Crippen LogP contribution is -2.61. The molecule has 0 spiro atoms. The van der Waals surface area contributed by atoms with Crippen molar-refractivity contribution in [2.75, 3.05) is 31.1 Å². The van der Waals surface area contributed by atoms with Crippen molar-refractivity contribution in [2.45, 2.75) is 75.7 Å². The van der Waals surface area contributed by atoms with E-state index in [1.54, 1.807) is 6.20 Å². The largest absolute Gasteiger partial charge is 0.390 e. The number of hydrogen-bond donors (Lipinski definition) is 3. The molecule has 7 rings (SSSR count). The van der Waals surface area contributed by atoms with Crippen LogP contribution in [0.4, 0.5) is 5.95 Å². The monoisotopic (exact) mass is 441 g/mol. The summed E-state index contributed by atoms with van der Waals surface area (Å²) < 4.78 is 5.77. The van der Waals surface area contributed by atoms with Crippen LogP contribution in [0.3, 0.4) is 0 Å². The van der Waals surface area contributed by atoms with Crippen LogP contribution in [0.25, 0.3) is 0 Å². The van der Waals surface area contributed by atoms with E-state index in [2.05, 4.69) is 27.4 Å². The van der Waals surface area contributed by atoms with E-state index in [-0.39, 0.29) is 18.2 Å². The Labute approximate surface area is 189 Å². The van der Waals surface area contributed by atoms with Crippen molar-refractivity contribution in [3.8, 4) is 0 Å². The first-order chi connectivity index (χ1) is 15.5. The smallest absolute Gasteiger partial charge is 0.254 e. The molecule has 3 N–H and O–H groups in total. The van der Waals surface area contributed by atoms with Gasteiger partial charge < -0.3 is 20.1 Å². The zero-order chi connectivity index (χ0) is 21.9. The average Bonchev–Trinajstić information content (AvgIpc) is 3.60. The summed E-state index contributed by atoms with van der Waals surface area (Å²) in [5.74, 6) is 2.46. The molecule has 1 aromatic rings. The first-order valence-electron chi connectivity index (χ1n) is 12.5. The van der Waals surface area contributed by atoms with E-state index in [9.17, 15) is 9.90 Å². The Kier molecular flexibility index (Phi) is 5.15. The van der Waals surface area contributed by atoms with E-state index in [4.69, 9.17) is 9.72 Å². The van der Waals surface area contributed by atoms with E-state index in [0.717, 1.165) is 63.7 Å². The number of aromatic nitrogens is 2. The number of ether oxygens (including phenoxy) is 1. The van der Waals surface area contributed by atoms with Gasteiger partial charge in [-0.1, -0.05) is 6.92 Å². The number of anilines is 1. The van der Waals surface area contributed by atoms with Gasteiger partial charge in [0, 0.05) is 24.7 Å². The Bertz CT molecular complexity index is 872. The first-order valence-corrected chi connectivity index (χ1v) is 12.5. The highest BCUT2D eigenvalue weighted by atomic mass is 16.5. The lowest BCUT2D eigenvalue weighted by atomic mass is 9.52. The van der Waals surface area contributed by atoms with Gasteiger partial charge in [0.25, 0.3) is 5.91 Å². The van der Waals surface area contributed by atoms with Gasteiger partial charge in [-0.15, -0.1) is 0 Å². The van der Waals surface area contributed by atoms with Crippen molar-refractivity contribution >= 4 is 11.9 Å². The molecule has 0 radical (unpaired) electrons. The molecule has 174 valence electrons.